The lowest BCUT2D eigenvalue weighted by Crippen LogP contribution is -2.24. The molecule has 206 valence electrons. The molecule has 2 aliphatic rings. The Balaban J connectivity index is 1.27. The first-order valence-corrected chi connectivity index (χ1v) is 15.0. The molecule has 3 heteroatoms. The summed E-state index contributed by atoms with van der Waals surface area (Å²) in [6.45, 7) is 4.74. The Morgan fingerprint density at radius 1 is 0.535 bits per heavy atom. The summed E-state index contributed by atoms with van der Waals surface area (Å²) in [6, 6.07) is 40.4. The van der Waals surface area contributed by atoms with Crippen LogP contribution in [0.2, 0.25) is 0 Å². The maximum absolute atomic E-state index is 5.13. The number of pyridine rings is 1. The molecule has 2 heterocycles. The van der Waals surface area contributed by atoms with Gasteiger partial charge in [0.05, 0.1) is 16.9 Å². The lowest BCUT2D eigenvalue weighted by atomic mass is 9.74. The third kappa shape index (κ3) is 4.40. The molecule has 0 N–H and O–H groups in total. The highest BCUT2D eigenvalue weighted by atomic mass is 14.9. The average Bonchev–Trinajstić information content (AvgIpc) is 3.30. The number of para-hydroxylation sites is 1. The zero-order chi connectivity index (χ0) is 29.0. The van der Waals surface area contributed by atoms with Gasteiger partial charge in [-0.2, -0.15) is 0 Å². The maximum atomic E-state index is 5.13. The van der Waals surface area contributed by atoms with Crippen LogP contribution in [0.5, 0.6) is 0 Å². The number of nitrogens with zero attached hydrogens (tertiary/aromatic N) is 3. The Hall–Kier alpha value is -5.15. The molecule has 0 fully saturated rings. The van der Waals surface area contributed by atoms with E-state index in [1.807, 2.05) is 30.3 Å². The molecule has 0 saturated carbocycles. The predicted molar refractivity (Wildman–Crippen MR) is 177 cm³/mol. The Morgan fingerprint density at radius 2 is 1.21 bits per heavy atom. The van der Waals surface area contributed by atoms with Gasteiger partial charge in [-0.3, -0.25) is 0 Å². The second-order valence-corrected chi connectivity index (χ2v) is 12.1. The highest BCUT2D eigenvalue weighted by Crippen LogP contribution is 2.53. The molecule has 2 unspecified atom stereocenters. The molecule has 2 aromatic heterocycles. The van der Waals surface area contributed by atoms with Gasteiger partial charge in [-0.25, -0.2) is 15.0 Å². The Morgan fingerprint density at radius 3 is 2.05 bits per heavy atom. The second kappa shape index (κ2) is 9.99. The molecule has 0 amide bonds. The summed E-state index contributed by atoms with van der Waals surface area (Å²) < 4.78 is 0. The van der Waals surface area contributed by atoms with E-state index in [-0.39, 0.29) is 5.41 Å². The summed E-state index contributed by atoms with van der Waals surface area (Å²) in [6.07, 6.45) is 9.10. The number of allylic oxidation sites excluding steroid dienone is 4. The minimum atomic E-state index is 0.0309. The maximum Gasteiger partial charge on any atom is 0.179 e. The molecule has 0 bridgehead atoms. The highest BCUT2D eigenvalue weighted by Gasteiger charge is 2.44. The van der Waals surface area contributed by atoms with Crippen molar-refractivity contribution < 1.29 is 0 Å². The molecule has 6 aromatic rings. The topological polar surface area (TPSA) is 38.7 Å². The van der Waals surface area contributed by atoms with Crippen LogP contribution >= 0.6 is 0 Å². The van der Waals surface area contributed by atoms with Crippen molar-refractivity contribution in [2.24, 2.45) is 5.92 Å². The molecule has 2 atom stereocenters. The van der Waals surface area contributed by atoms with E-state index in [1.54, 1.807) is 0 Å². The first kappa shape index (κ1) is 25.6. The fraction of sp³-hybridized carbons (Fsp3) is 0.125. The van der Waals surface area contributed by atoms with Crippen LogP contribution in [-0.4, -0.2) is 15.0 Å². The van der Waals surface area contributed by atoms with Crippen molar-refractivity contribution in [3.63, 3.8) is 0 Å². The van der Waals surface area contributed by atoms with E-state index in [1.165, 1.54) is 22.3 Å². The van der Waals surface area contributed by atoms with E-state index in [9.17, 15) is 0 Å². The van der Waals surface area contributed by atoms with Crippen LogP contribution in [0.25, 0.3) is 56.1 Å². The SMILES string of the molecule is CC1(C)c2cc(-c3cc(-c4ccc(-c5ccccc5)cc4)nc(-c4ccc5ccccc5n4)n3)ccc2C2C=CC=CC21. The van der Waals surface area contributed by atoms with Crippen molar-refractivity contribution in [3.05, 3.63) is 151 Å². The standard InChI is InChI=1S/C40H31N3/c1-40(2)33-14-8-7-13-31(33)32-22-20-30(24-34(32)40)38-25-37(29-18-16-27(17-19-29)26-10-4-3-5-11-26)42-39(43-38)36-23-21-28-12-6-9-15-35(28)41-36/h3-25,31,33H,1-2H3. The molecule has 0 saturated heterocycles. The van der Waals surface area contributed by atoms with Crippen molar-refractivity contribution in [2.45, 2.75) is 25.2 Å². The molecule has 0 radical (unpaired) electrons. The van der Waals surface area contributed by atoms with Gasteiger partial charge in [-0.15, -0.1) is 0 Å². The van der Waals surface area contributed by atoms with Crippen LogP contribution in [0.3, 0.4) is 0 Å². The normalized spacial score (nSPS) is 18.0. The van der Waals surface area contributed by atoms with Crippen molar-refractivity contribution in [1.82, 2.24) is 15.0 Å². The fourth-order valence-corrected chi connectivity index (χ4v) is 6.85. The number of hydrogen-bond donors (Lipinski definition) is 0. The minimum absolute atomic E-state index is 0.0309. The molecule has 0 aliphatic heterocycles. The smallest absolute Gasteiger partial charge is 0.179 e. The summed E-state index contributed by atoms with van der Waals surface area (Å²) >= 11 is 0. The van der Waals surface area contributed by atoms with E-state index >= 15 is 0 Å². The molecule has 8 rings (SSSR count). The predicted octanol–water partition coefficient (Wildman–Crippen LogP) is 9.81. The lowest BCUT2D eigenvalue weighted by molar-refractivity contribution is 0.394. The fourth-order valence-electron chi connectivity index (χ4n) is 6.85. The van der Waals surface area contributed by atoms with E-state index in [4.69, 9.17) is 15.0 Å². The van der Waals surface area contributed by atoms with Crippen LogP contribution < -0.4 is 0 Å². The zero-order valence-corrected chi connectivity index (χ0v) is 24.3. The summed E-state index contributed by atoms with van der Waals surface area (Å²) in [5.41, 5.74) is 10.9. The number of benzene rings is 4. The van der Waals surface area contributed by atoms with Crippen LogP contribution in [0, 0.1) is 5.92 Å². The first-order valence-electron chi connectivity index (χ1n) is 15.0. The van der Waals surface area contributed by atoms with Gasteiger partial charge in [-0.1, -0.05) is 129 Å². The van der Waals surface area contributed by atoms with Crippen molar-refractivity contribution in [1.29, 1.82) is 0 Å². The Labute approximate surface area is 252 Å². The van der Waals surface area contributed by atoms with Gasteiger partial charge in [0.1, 0.15) is 5.69 Å². The van der Waals surface area contributed by atoms with Gasteiger partial charge in [0, 0.05) is 22.4 Å². The monoisotopic (exact) mass is 553 g/mol. The van der Waals surface area contributed by atoms with E-state index in [0.29, 0.717) is 17.7 Å². The van der Waals surface area contributed by atoms with Crippen LogP contribution in [0.4, 0.5) is 0 Å². The van der Waals surface area contributed by atoms with Crippen LogP contribution in [0.15, 0.2) is 140 Å². The molecule has 3 nitrogen and oxygen atoms in total. The molecular formula is C40H31N3. The van der Waals surface area contributed by atoms with Crippen molar-refractivity contribution >= 4 is 10.9 Å². The molecule has 0 spiro atoms. The molecule has 2 aliphatic carbocycles. The van der Waals surface area contributed by atoms with E-state index in [0.717, 1.165) is 39.1 Å². The second-order valence-electron chi connectivity index (χ2n) is 12.1. The minimum Gasteiger partial charge on any atom is -0.244 e. The molecular weight excluding hydrogens is 522 g/mol. The van der Waals surface area contributed by atoms with Gasteiger partial charge >= 0.3 is 0 Å². The van der Waals surface area contributed by atoms with Gasteiger partial charge in [-0.05, 0) is 57.9 Å². The van der Waals surface area contributed by atoms with Crippen molar-refractivity contribution in [2.75, 3.05) is 0 Å². The number of hydrogen-bond acceptors (Lipinski definition) is 3. The van der Waals surface area contributed by atoms with Crippen LogP contribution in [0.1, 0.15) is 30.9 Å². The largest absolute Gasteiger partial charge is 0.244 e. The number of rotatable bonds is 4. The highest BCUT2D eigenvalue weighted by molar-refractivity contribution is 5.81. The van der Waals surface area contributed by atoms with Gasteiger partial charge in [0.25, 0.3) is 0 Å². The van der Waals surface area contributed by atoms with Crippen molar-refractivity contribution in [3.8, 4) is 45.2 Å². The Kier molecular flexibility index (Phi) is 5.94. The lowest BCUT2D eigenvalue weighted by Gasteiger charge is -2.29. The quantitative estimate of drug-likeness (QED) is 0.218. The Bertz CT molecular complexity index is 2050. The average molecular weight is 554 g/mol. The number of aromatic nitrogens is 3. The number of fused-ring (bicyclic) bond motifs is 4. The third-order valence-corrected chi connectivity index (χ3v) is 9.21. The summed E-state index contributed by atoms with van der Waals surface area (Å²) in [5, 5.41) is 1.10. The summed E-state index contributed by atoms with van der Waals surface area (Å²) in [7, 11) is 0. The zero-order valence-electron chi connectivity index (χ0n) is 24.3. The summed E-state index contributed by atoms with van der Waals surface area (Å²) in [5.74, 6) is 1.51. The summed E-state index contributed by atoms with van der Waals surface area (Å²) in [4.78, 5) is 15.2. The first-order chi connectivity index (χ1) is 21.0. The van der Waals surface area contributed by atoms with Crippen LogP contribution in [-0.2, 0) is 5.41 Å². The molecule has 4 aromatic carbocycles. The third-order valence-electron chi connectivity index (χ3n) is 9.21. The van der Waals surface area contributed by atoms with Gasteiger partial charge < -0.3 is 0 Å². The van der Waals surface area contributed by atoms with E-state index < -0.39 is 0 Å². The van der Waals surface area contributed by atoms with Gasteiger partial charge in [0.15, 0.2) is 5.82 Å². The molecule has 43 heavy (non-hydrogen) atoms. The van der Waals surface area contributed by atoms with Gasteiger partial charge in [0.2, 0.25) is 0 Å². The van der Waals surface area contributed by atoms with E-state index in [2.05, 4.69) is 123 Å².